The molecule has 0 spiro atoms. The number of amides is 4. The van der Waals surface area contributed by atoms with Gasteiger partial charge < -0.3 is 30.7 Å². The van der Waals surface area contributed by atoms with E-state index >= 15 is 0 Å². The molecular weight excluding hydrogens is 590 g/mol. The SMILES string of the molecule is Cc1ccc(C(C(=O)NC(Cc2ccccc2)C(=O)OC(C)(C)C)N(CC#N)C(=O)C(CCC(N)=O)NC(=O)OC(C)(C)C)cc1. The zero-order valence-electron chi connectivity index (χ0n) is 27.6. The molecule has 46 heavy (non-hydrogen) atoms. The van der Waals surface area contributed by atoms with Crippen molar-refractivity contribution in [1.82, 2.24) is 15.5 Å². The van der Waals surface area contributed by atoms with E-state index in [2.05, 4.69) is 10.6 Å². The molecule has 4 N–H and O–H groups in total. The molecule has 2 aromatic rings. The number of nitriles is 1. The molecule has 0 saturated heterocycles. The first-order valence-electron chi connectivity index (χ1n) is 15.0. The van der Waals surface area contributed by atoms with Crippen LogP contribution in [0.3, 0.4) is 0 Å². The van der Waals surface area contributed by atoms with E-state index in [9.17, 15) is 29.2 Å². The second-order valence-corrected chi connectivity index (χ2v) is 12.9. The van der Waals surface area contributed by atoms with Crippen LogP contribution in [0.2, 0.25) is 0 Å². The summed E-state index contributed by atoms with van der Waals surface area (Å²) in [5, 5.41) is 15.0. The van der Waals surface area contributed by atoms with Crippen LogP contribution in [0.25, 0.3) is 0 Å². The summed E-state index contributed by atoms with van der Waals surface area (Å²) in [6.07, 6.45) is -1.33. The summed E-state index contributed by atoms with van der Waals surface area (Å²) in [6.45, 7) is 11.3. The monoisotopic (exact) mass is 635 g/mol. The molecule has 0 aliphatic carbocycles. The van der Waals surface area contributed by atoms with Gasteiger partial charge in [0.05, 0.1) is 6.07 Å². The lowest BCUT2D eigenvalue weighted by molar-refractivity contribution is -0.159. The topological polar surface area (TPSA) is 181 Å². The van der Waals surface area contributed by atoms with Gasteiger partial charge in [-0.2, -0.15) is 5.26 Å². The number of ether oxygens (including phenoxy) is 2. The number of primary amides is 1. The van der Waals surface area contributed by atoms with Gasteiger partial charge in [-0.25, -0.2) is 9.59 Å². The van der Waals surface area contributed by atoms with Gasteiger partial charge in [0, 0.05) is 12.8 Å². The number of carbonyl (C=O) groups excluding carboxylic acids is 5. The summed E-state index contributed by atoms with van der Waals surface area (Å²) in [6, 6.07) is 13.8. The van der Waals surface area contributed by atoms with E-state index in [1.165, 1.54) is 0 Å². The van der Waals surface area contributed by atoms with E-state index in [0.717, 1.165) is 16.0 Å². The van der Waals surface area contributed by atoms with E-state index < -0.39 is 65.7 Å². The first-order chi connectivity index (χ1) is 21.4. The third-order valence-electron chi connectivity index (χ3n) is 6.44. The molecule has 3 atom stereocenters. The quantitative estimate of drug-likeness (QED) is 0.220. The summed E-state index contributed by atoms with van der Waals surface area (Å²) >= 11 is 0. The maximum atomic E-state index is 14.2. The number of aryl methyl sites for hydroxylation is 1. The second-order valence-electron chi connectivity index (χ2n) is 12.9. The summed E-state index contributed by atoms with van der Waals surface area (Å²) in [5.41, 5.74) is 5.58. The van der Waals surface area contributed by atoms with Crippen molar-refractivity contribution in [1.29, 1.82) is 5.26 Å². The van der Waals surface area contributed by atoms with Crippen molar-refractivity contribution < 1.29 is 33.4 Å². The van der Waals surface area contributed by atoms with Crippen molar-refractivity contribution in [3.8, 4) is 6.07 Å². The number of hydrogen-bond donors (Lipinski definition) is 3. The molecule has 0 radical (unpaired) electrons. The van der Waals surface area contributed by atoms with Crippen LogP contribution in [-0.4, -0.2) is 64.5 Å². The molecule has 12 heteroatoms. The van der Waals surface area contributed by atoms with Gasteiger partial charge in [0.2, 0.25) is 17.7 Å². The van der Waals surface area contributed by atoms with E-state index in [-0.39, 0.29) is 19.3 Å². The van der Waals surface area contributed by atoms with Gasteiger partial charge >= 0.3 is 12.1 Å². The van der Waals surface area contributed by atoms with Crippen molar-refractivity contribution in [2.45, 2.75) is 97.1 Å². The molecule has 2 rings (SSSR count). The lowest BCUT2D eigenvalue weighted by atomic mass is 9.99. The van der Waals surface area contributed by atoms with Crippen LogP contribution >= 0.6 is 0 Å². The Kier molecular flexibility index (Phi) is 13.3. The number of alkyl carbamates (subject to hydrolysis) is 1. The molecule has 4 amide bonds. The van der Waals surface area contributed by atoms with Crippen LogP contribution in [0.5, 0.6) is 0 Å². The van der Waals surface area contributed by atoms with Crippen LogP contribution < -0.4 is 16.4 Å². The number of benzene rings is 2. The van der Waals surface area contributed by atoms with Crippen molar-refractivity contribution in [3.63, 3.8) is 0 Å². The molecule has 0 fully saturated rings. The van der Waals surface area contributed by atoms with Crippen molar-refractivity contribution in [2.24, 2.45) is 5.73 Å². The number of nitrogens with two attached hydrogens (primary N) is 1. The number of esters is 1. The third kappa shape index (κ3) is 12.6. The molecule has 0 aromatic heterocycles. The van der Waals surface area contributed by atoms with Crippen LogP contribution in [-0.2, 0) is 35.1 Å². The Morgan fingerprint density at radius 2 is 1.46 bits per heavy atom. The van der Waals surface area contributed by atoms with Crippen molar-refractivity contribution in [2.75, 3.05) is 6.54 Å². The predicted octanol–water partition coefficient (Wildman–Crippen LogP) is 3.62. The third-order valence-corrected chi connectivity index (χ3v) is 6.44. The standard InChI is InChI=1S/C34H45N5O7/c1-22-13-15-24(16-14-22)28(29(41)37-26(31(43)45-33(2,3)4)21-23-11-9-8-10-12-23)39(20-19-35)30(42)25(17-18-27(36)40)38-32(44)46-34(5,6)7/h8-16,25-26,28H,17-18,20-21H2,1-7H3,(H2,36,40)(H,37,41)(H,38,44). The molecule has 3 unspecified atom stereocenters. The minimum Gasteiger partial charge on any atom is -0.458 e. The predicted molar refractivity (Wildman–Crippen MR) is 171 cm³/mol. The average molecular weight is 636 g/mol. The van der Waals surface area contributed by atoms with E-state index in [0.29, 0.717) is 5.56 Å². The Labute approximate surface area is 270 Å². The van der Waals surface area contributed by atoms with E-state index in [4.69, 9.17) is 15.2 Å². The van der Waals surface area contributed by atoms with Gasteiger partial charge in [-0.05, 0) is 66.0 Å². The Bertz CT molecular complexity index is 1410. The highest BCUT2D eigenvalue weighted by Crippen LogP contribution is 2.25. The minimum absolute atomic E-state index is 0.0930. The zero-order valence-corrected chi connectivity index (χ0v) is 27.6. The first kappa shape index (κ1) is 37.3. The molecule has 0 bridgehead atoms. The molecule has 12 nitrogen and oxygen atoms in total. The molecular formula is C34H45N5O7. The highest BCUT2D eigenvalue weighted by atomic mass is 16.6. The fourth-order valence-corrected chi connectivity index (χ4v) is 4.45. The van der Waals surface area contributed by atoms with Crippen LogP contribution in [0.1, 0.15) is 77.1 Å². The summed E-state index contributed by atoms with van der Waals surface area (Å²) in [5.74, 6) is -2.99. The lowest BCUT2D eigenvalue weighted by Crippen LogP contribution is -2.55. The van der Waals surface area contributed by atoms with Gasteiger partial charge in [-0.1, -0.05) is 60.2 Å². The number of rotatable bonds is 13. The van der Waals surface area contributed by atoms with E-state index in [1.54, 1.807) is 90.1 Å². The minimum atomic E-state index is -1.41. The molecule has 248 valence electrons. The van der Waals surface area contributed by atoms with Gasteiger partial charge in [0.25, 0.3) is 0 Å². The molecule has 0 heterocycles. The van der Waals surface area contributed by atoms with Crippen molar-refractivity contribution >= 4 is 29.8 Å². The van der Waals surface area contributed by atoms with Gasteiger partial charge in [0.15, 0.2) is 0 Å². The average Bonchev–Trinajstić information content (AvgIpc) is 2.94. The highest BCUT2D eigenvalue weighted by molar-refractivity contribution is 5.94. The first-order valence-corrected chi connectivity index (χ1v) is 15.0. The van der Waals surface area contributed by atoms with Gasteiger partial charge in [-0.3, -0.25) is 14.4 Å². The Morgan fingerprint density at radius 3 is 1.98 bits per heavy atom. The maximum Gasteiger partial charge on any atom is 0.408 e. The fraction of sp³-hybridized carbons (Fsp3) is 0.471. The Hall–Kier alpha value is -4.92. The smallest absolute Gasteiger partial charge is 0.408 e. The normalized spacial score (nSPS) is 13.3. The highest BCUT2D eigenvalue weighted by Gasteiger charge is 2.38. The fourth-order valence-electron chi connectivity index (χ4n) is 4.45. The summed E-state index contributed by atoms with van der Waals surface area (Å²) in [7, 11) is 0. The Balaban J connectivity index is 2.58. The molecule has 0 saturated carbocycles. The number of hydrogen-bond acceptors (Lipinski definition) is 8. The number of nitrogens with one attached hydrogen (secondary N) is 2. The summed E-state index contributed by atoms with van der Waals surface area (Å²) < 4.78 is 10.9. The number of nitrogens with zero attached hydrogens (tertiary/aromatic N) is 2. The van der Waals surface area contributed by atoms with Crippen LogP contribution in [0.4, 0.5) is 4.79 Å². The largest absolute Gasteiger partial charge is 0.458 e. The molecule has 0 aliphatic rings. The van der Waals surface area contributed by atoms with Crippen molar-refractivity contribution in [3.05, 3.63) is 71.3 Å². The van der Waals surface area contributed by atoms with Gasteiger partial charge in [0.1, 0.15) is 35.9 Å². The molecule has 0 aliphatic heterocycles. The van der Waals surface area contributed by atoms with Crippen LogP contribution in [0.15, 0.2) is 54.6 Å². The summed E-state index contributed by atoms with van der Waals surface area (Å²) in [4.78, 5) is 67.0. The van der Waals surface area contributed by atoms with E-state index in [1.807, 2.05) is 19.1 Å². The second kappa shape index (κ2) is 16.4. The molecule has 2 aromatic carbocycles. The number of carbonyl (C=O) groups is 5. The maximum absolute atomic E-state index is 14.2. The van der Waals surface area contributed by atoms with Gasteiger partial charge in [-0.15, -0.1) is 0 Å². The van der Waals surface area contributed by atoms with Crippen LogP contribution in [0, 0.1) is 18.3 Å². The lowest BCUT2D eigenvalue weighted by Gasteiger charge is -2.34. The zero-order chi connectivity index (χ0) is 34.7. The Morgan fingerprint density at radius 1 is 0.870 bits per heavy atom.